The van der Waals surface area contributed by atoms with Gasteiger partial charge in [-0.25, -0.2) is 0 Å². The predicted molar refractivity (Wildman–Crippen MR) is 83.3 cm³/mol. The maximum Gasteiger partial charge on any atom is 0.221 e. The molecule has 1 aromatic carbocycles. The molecule has 0 bridgehead atoms. The summed E-state index contributed by atoms with van der Waals surface area (Å²) in [6, 6.07) is 6.59. The molecule has 1 fully saturated rings. The highest BCUT2D eigenvalue weighted by atomic mass is 35.5. The van der Waals surface area contributed by atoms with Crippen molar-refractivity contribution in [3.05, 3.63) is 28.8 Å². The van der Waals surface area contributed by atoms with Crippen LogP contribution < -0.4 is 15.5 Å². The fourth-order valence-electron chi connectivity index (χ4n) is 2.12. The largest absolute Gasteiger partial charge is 0.374 e. The Morgan fingerprint density at radius 1 is 1.45 bits per heavy atom. The molecule has 1 aliphatic rings. The van der Waals surface area contributed by atoms with Crippen LogP contribution in [0.4, 0.5) is 5.69 Å². The number of nitrogens with zero attached hydrogens (tertiary/aromatic N) is 1. The molecule has 0 unspecified atom stereocenters. The fraction of sp³-hybridized carbons (Fsp3) is 0.533. The lowest BCUT2D eigenvalue weighted by Gasteiger charge is -2.22. The van der Waals surface area contributed by atoms with Crippen molar-refractivity contribution in [2.45, 2.75) is 31.8 Å². The lowest BCUT2D eigenvalue weighted by molar-refractivity contribution is -0.120. The van der Waals surface area contributed by atoms with Gasteiger partial charge in [-0.15, -0.1) is 0 Å². The average molecular weight is 296 g/mol. The number of hydrogen-bond acceptors (Lipinski definition) is 3. The van der Waals surface area contributed by atoms with Gasteiger partial charge in [0.25, 0.3) is 0 Å². The molecule has 0 aromatic heterocycles. The van der Waals surface area contributed by atoms with Crippen LogP contribution in [0, 0.1) is 0 Å². The average Bonchev–Trinajstić information content (AvgIpc) is 3.26. The van der Waals surface area contributed by atoms with Gasteiger partial charge in [0.1, 0.15) is 0 Å². The van der Waals surface area contributed by atoms with Crippen LogP contribution in [-0.4, -0.2) is 32.6 Å². The normalized spacial score (nSPS) is 14.2. The monoisotopic (exact) mass is 295 g/mol. The minimum absolute atomic E-state index is 0.0588. The summed E-state index contributed by atoms with van der Waals surface area (Å²) < 4.78 is 0. The summed E-state index contributed by atoms with van der Waals surface area (Å²) >= 11 is 6.09. The second-order valence-corrected chi connectivity index (χ2v) is 5.71. The Morgan fingerprint density at radius 3 is 2.85 bits per heavy atom. The van der Waals surface area contributed by atoms with E-state index in [-0.39, 0.29) is 5.91 Å². The first kappa shape index (κ1) is 15.1. The lowest BCUT2D eigenvalue weighted by Crippen LogP contribution is -2.27. The van der Waals surface area contributed by atoms with Gasteiger partial charge < -0.3 is 15.5 Å². The van der Waals surface area contributed by atoms with E-state index < -0.39 is 0 Å². The van der Waals surface area contributed by atoms with E-state index in [9.17, 15) is 4.79 Å². The van der Waals surface area contributed by atoms with E-state index in [2.05, 4.69) is 15.5 Å². The standard InChI is InChI=1S/C15H22ClN3O/c1-17-15(20)7-8-19(2)14-6-3-12(16)9-11(14)10-18-13-4-5-13/h3,6,9,13,18H,4-5,7-8,10H2,1-2H3,(H,17,20). The molecule has 110 valence electrons. The van der Waals surface area contributed by atoms with E-state index >= 15 is 0 Å². The Labute approximate surface area is 125 Å². The molecule has 1 amide bonds. The van der Waals surface area contributed by atoms with Gasteiger partial charge in [-0.05, 0) is 36.6 Å². The fourth-order valence-corrected chi connectivity index (χ4v) is 2.32. The second kappa shape index (κ2) is 6.95. The summed E-state index contributed by atoms with van der Waals surface area (Å²) in [5, 5.41) is 6.90. The highest BCUT2D eigenvalue weighted by Crippen LogP contribution is 2.26. The zero-order chi connectivity index (χ0) is 14.5. The smallest absolute Gasteiger partial charge is 0.221 e. The van der Waals surface area contributed by atoms with Crippen molar-refractivity contribution in [2.75, 3.05) is 25.5 Å². The summed E-state index contributed by atoms with van der Waals surface area (Å²) in [4.78, 5) is 13.4. The minimum atomic E-state index is 0.0588. The molecule has 1 aromatic rings. The third-order valence-corrected chi connectivity index (χ3v) is 3.80. The molecule has 0 heterocycles. The van der Waals surface area contributed by atoms with Gasteiger partial charge >= 0.3 is 0 Å². The summed E-state index contributed by atoms with van der Waals surface area (Å²) in [5.74, 6) is 0.0588. The van der Waals surface area contributed by atoms with E-state index in [1.807, 2.05) is 25.2 Å². The van der Waals surface area contributed by atoms with Crippen molar-refractivity contribution in [3.8, 4) is 0 Å². The zero-order valence-corrected chi connectivity index (χ0v) is 12.8. The van der Waals surface area contributed by atoms with E-state index in [4.69, 9.17) is 11.6 Å². The van der Waals surface area contributed by atoms with E-state index in [1.165, 1.54) is 18.4 Å². The number of hydrogen-bond donors (Lipinski definition) is 2. The Morgan fingerprint density at radius 2 is 2.20 bits per heavy atom. The van der Waals surface area contributed by atoms with Gasteiger partial charge in [-0.2, -0.15) is 0 Å². The Bertz CT molecular complexity index is 474. The maximum atomic E-state index is 11.3. The van der Waals surface area contributed by atoms with Crippen molar-refractivity contribution in [1.82, 2.24) is 10.6 Å². The maximum absolute atomic E-state index is 11.3. The molecule has 1 saturated carbocycles. The predicted octanol–water partition coefficient (Wildman–Crippen LogP) is 2.16. The van der Waals surface area contributed by atoms with Crippen molar-refractivity contribution in [3.63, 3.8) is 0 Å². The van der Waals surface area contributed by atoms with Crippen LogP contribution in [-0.2, 0) is 11.3 Å². The zero-order valence-electron chi connectivity index (χ0n) is 12.1. The number of anilines is 1. The van der Waals surface area contributed by atoms with Crippen LogP contribution in [0.15, 0.2) is 18.2 Å². The highest BCUT2D eigenvalue weighted by molar-refractivity contribution is 6.30. The third kappa shape index (κ3) is 4.39. The number of carbonyl (C=O) groups is 1. The Balaban J connectivity index is 2.01. The first-order valence-corrected chi connectivity index (χ1v) is 7.41. The van der Waals surface area contributed by atoms with Gasteiger partial charge in [-0.1, -0.05) is 11.6 Å². The number of carbonyl (C=O) groups excluding carboxylic acids is 1. The summed E-state index contributed by atoms with van der Waals surface area (Å²) in [5.41, 5.74) is 2.32. The lowest BCUT2D eigenvalue weighted by atomic mass is 10.1. The number of amides is 1. The summed E-state index contributed by atoms with van der Waals surface area (Å²) in [6.45, 7) is 1.52. The van der Waals surface area contributed by atoms with Gasteiger partial charge in [0.15, 0.2) is 0 Å². The molecule has 5 heteroatoms. The molecule has 20 heavy (non-hydrogen) atoms. The Hall–Kier alpha value is -1.26. The highest BCUT2D eigenvalue weighted by Gasteiger charge is 2.21. The summed E-state index contributed by atoms with van der Waals surface area (Å²) in [7, 11) is 3.67. The van der Waals surface area contributed by atoms with Crippen LogP contribution in [0.1, 0.15) is 24.8 Å². The van der Waals surface area contributed by atoms with Crippen molar-refractivity contribution < 1.29 is 4.79 Å². The van der Waals surface area contributed by atoms with Crippen molar-refractivity contribution >= 4 is 23.2 Å². The van der Waals surface area contributed by atoms with Gasteiger partial charge in [0.05, 0.1) is 0 Å². The number of benzene rings is 1. The van der Waals surface area contributed by atoms with E-state index in [1.54, 1.807) is 7.05 Å². The van der Waals surface area contributed by atoms with E-state index in [0.29, 0.717) is 19.0 Å². The topological polar surface area (TPSA) is 44.4 Å². The molecule has 2 rings (SSSR count). The van der Waals surface area contributed by atoms with Crippen LogP contribution in [0.2, 0.25) is 5.02 Å². The second-order valence-electron chi connectivity index (χ2n) is 5.27. The van der Waals surface area contributed by atoms with Gasteiger partial charge in [-0.3, -0.25) is 4.79 Å². The van der Waals surface area contributed by atoms with Gasteiger partial charge in [0.2, 0.25) is 5.91 Å². The molecule has 4 nitrogen and oxygen atoms in total. The molecule has 0 atom stereocenters. The molecule has 0 spiro atoms. The quantitative estimate of drug-likeness (QED) is 0.810. The first-order valence-electron chi connectivity index (χ1n) is 7.03. The minimum Gasteiger partial charge on any atom is -0.374 e. The van der Waals surface area contributed by atoms with Crippen LogP contribution in [0.3, 0.4) is 0 Å². The van der Waals surface area contributed by atoms with Crippen molar-refractivity contribution in [2.24, 2.45) is 0 Å². The number of rotatable bonds is 7. The first-order chi connectivity index (χ1) is 9.60. The molecular formula is C15H22ClN3O. The number of halogens is 1. The van der Waals surface area contributed by atoms with Crippen LogP contribution in [0.25, 0.3) is 0 Å². The molecule has 0 radical (unpaired) electrons. The molecule has 2 N–H and O–H groups in total. The van der Waals surface area contributed by atoms with Crippen LogP contribution in [0.5, 0.6) is 0 Å². The summed E-state index contributed by atoms with van der Waals surface area (Å²) in [6.07, 6.45) is 3.02. The SMILES string of the molecule is CNC(=O)CCN(C)c1ccc(Cl)cc1CNC1CC1. The molecule has 1 aliphatic carbocycles. The van der Waals surface area contributed by atoms with E-state index in [0.717, 1.165) is 17.3 Å². The van der Waals surface area contributed by atoms with Crippen molar-refractivity contribution in [1.29, 1.82) is 0 Å². The third-order valence-electron chi connectivity index (χ3n) is 3.56. The van der Waals surface area contributed by atoms with Gasteiger partial charge in [0, 0.05) is 50.4 Å². The molecular weight excluding hydrogens is 274 g/mol. The van der Waals surface area contributed by atoms with Crippen LogP contribution >= 0.6 is 11.6 Å². The Kier molecular flexibility index (Phi) is 5.26. The molecule has 0 aliphatic heterocycles. The number of nitrogens with one attached hydrogen (secondary N) is 2. The molecule has 0 saturated heterocycles.